The summed E-state index contributed by atoms with van der Waals surface area (Å²) in [6.45, 7) is 3.23. The Morgan fingerprint density at radius 3 is 2.43 bits per heavy atom. The van der Waals surface area contributed by atoms with Gasteiger partial charge in [0.2, 0.25) is 0 Å². The number of halogens is 2. The minimum atomic E-state index is 0.241. The fraction of sp³-hybridized carbons (Fsp3) is 0.556. The lowest BCUT2D eigenvalue weighted by atomic mass is 10.1. The molecule has 2 heterocycles. The van der Waals surface area contributed by atoms with Gasteiger partial charge in [-0.1, -0.05) is 23.2 Å². The third kappa shape index (κ3) is 1.85. The van der Waals surface area contributed by atoms with E-state index in [1.165, 1.54) is 0 Å². The second-order valence-electron chi connectivity index (χ2n) is 3.35. The van der Waals surface area contributed by atoms with Crippen LogP contribution in [0.25, 0.3) is 0 Å². The van der Waals surface area contributed by atoms with Gasteiger partial charge in [0.05, 0.1) is 6.61 Å². The van der Waals surface area contributed by atoms with Crippen LogP contribution in [-0.4, -0.2) is 23.2 Å². The molecule has 0 N–H and O–H groups in total. The largest absolute Gasteiger partial charge is 0.381 e. The van der Waals surface area contributed by atoms with Gasteiger partial charge in [-0.25, -0.2) is 9.97 Å². The summed E-state index contributed by atoms with van der Waals surface area (Å²) >= 11 is 11.8. The van der Waals surface area contributed by atoms with Crippen LogP contribution in [0.3, 0.4) is 0 Å². The van der Waals surface area contributed by atoms with E-state index >= 15 is 0 Å². The summed E-state index contributed by atoms with van der Waals surface area (Å²) in [5, 5.41) is 0.874. The first-order valence-electron chi connectivity index (χ1n) is 4.45. The number of aromatic nitrogens is 2. The van der Waals surface area contributed by atoms with E-state index in [4.69, 9.17) is 27.9 Å². The number of rotatable bonds is 1. The molecule has 1 saturated heterocycles. The summed E-state index contributed by atoms with van der Waals surface area (Å²) in [6.07, 6.45) is 0.940. The van der Waals surface area contributed by atoms with Crippen LogP contribution in [0.1, 0.15) is 23.7 Å². The topological polar surface area (TPSA) is 35.0 Å². The molecule has 1 aromatic heterocycles. The minimum Gasteiger partial charge on any atom is -0.381 e. The second-order valence-corrected chi connectivity index (χ2v) is 4.06. The zero-order chi connectivity index (χ0) is 10.1. The molecule has 0 aliphatic carbocycles. The van der Waals surface area contributed by atoms with Crippen molar-refractivity contribution >= 4 is 23.2 Å². The standard InChI is InChI=1S/C9H10Cl2N2O/c1-5-7(10)12-9(13-8(5)11)6-2-3-14-4-6/h6H,2-4H2,1H3. The van der Waals surface area contributed by atoms with E-state index in [9.17, 15) is 0 Å². The Hall–Kier alpha value is -0.380. The van der Waals surface area contributed by atoms with Crippen LogP contribution < -0.4 is 0 Å². The lowest BCUT2D eigenvalue weighted by Gasteiger charge is -2.08. The van der Waals surface area contributed by atoms with Gasteiger partial charge in [0.25, 0.3) is 0 Å². The summed E-state index contributed by atoms with van der Waals surface area (Å²) in [6, 6.07) is 0. The molecular formula is C9H10Cl2N2O. The minimum absolute atomic E-state index is 0.241. The number of hydrogen-bond acceptors (Lipinski definition) is 3. The molecule has 0 amide bonds. The van der Waals surface area contributed by atoms with E-state index < -0.39 is 0 Å². The maximum absolute atomic E-state index is 5.92. The van der Waals surface area contributed by atoms with Crippen LogP contribution in [0.2, 0.25) is 10.3 Å². The van der Waals surface area contributed by atoms with Crippen molar-refractivity contribution in [3.8, 4) is 0 Å². The number of nitrogens with zero attached hydrogens (tertiary/aromatic N) is 2. The van der Waals surface area contributed by atoms with Gasteiger partial charge < -0.3 is 4.74 Å². The third-order valence-electron chi connectivity index (χ3n) is 2.34. The first-order valence-corrected chi connectivity index (χ1v) is 5.21. The van der Waals surface area contributed by atoms with Gasteiger partial charge in [0, 0.05) is 18.1 Å². The van der Waals surface area contributed by atoms with E-state index in [0.717, 1.165) is 18.6 Å². The van der Waals surface area contributed by atoms with Crippen LogP contribution in [0, 0.1) is 6.92 Å². The van der Waals surface area contributed by atoms with Gasteiger partial charge >= 0.3 is 0 Å². The van der Waals surface area contributed by atoms with Gasteiger partial charge in [-0.05, 0) is 13.3 Å². The molecule has 0 radical (unpaired) electrons. The smallest absolute Gasteiger partial charge is 0.137 e. The zero-order valence-corrected chi connectivity index (χ0v) is 9.27. The molecule has 0 bridgehead atoms. The summed E-state index contributed by atoms with van der Waals surface area (Å²) in [4.78, 5) is 8.41. The molecular weight excluding hydrogens is 223 g/mol. The van der Waals surface area contributed by atoms with Crippen molar-refractivity contribution in [2.24, 2.45) is 0 Å². The lowest BCUT2D eigenvalue weighted by Crippen LogP contribution is -2.05. The van der Waals surface area contributed by atoms with Crippen molar-refractivity contribution < 1.29 is 4.74 Å². The molecule has 1 fully saturated rings. The summed E-state index contributed by atoms with van der Waals surface area (Å²) < 4.78 is 5.26. The van der Waals surface area contributed by atoms with Crippen LogP contribution in [0.15, 0.2) is 0 Å². The molecule has 1 aliphatic heterocycles. The van der Waals surface area contributed by atoms with E-state index in [-0.39, 0.29) is 5.92 Å². The average Bonchev–Trinajstić information content (AvgIpc) is 2.66. The van der Waals surface area contributed by atoms with Crippen molar-refractivity contribution in [3.05, 3.63) is 21.7 Å². The van der Waals surface area contributed by atoms with Gasteiger partial charge in [0.1, 0.15) is 16.1 Å². The van der Waals surface area contributed by atoms with E-state index in [0.29, 0.717) is 22.7 Å². The molecule has 76 valence electrons. The van der Waals surface area contributed by atoms with Crippen LogP contribution in [0.5, 0.6) is 0 Å². The highest BCUT2D eigenvalue weighted by molar-refractivity contribution is 6.34. The molecule has 0 saturated carbocycles. The summed E-state index contributed by atoms with van der Waals surface area (Å²) in [7, 11) is 0. The highest BCUT2D eigenvalue weighted by Gasteiger charge is 2.22. The van der Waals surface area contributed by atoms with Gasteiger partial charge in [-0.3, -0.25) is 0 Å². The molecule has 1 aromatic rings. The number of ether oxygens (including phenoxy) is 1. The molecule has 2 rings (SSSR count). The van der Waals surface area contributed by atoms with Crippen molar-refractivity contribution in [1.29, 1.82) is 0 Å². The normalized spacial score (nSPS) is 21.5. The van der Waals surface area contributed by atoms with Gasteiger partial charge in [0.15, 0.2) is 0 Å². The fourth-order valence-electron chi connectivity index (χ4n) is 1.40. The van der Waals surface area contributed by atoms with E-state index in [2.05, 4.69) is 9.97 Å². The Morgan fingerprint density at radius 1 is 1.29 bits per heavy atom. The van der Waals surface area contributed by atoms with Crippen molar-refractivity contribution in [3.63, 3.8) is 0 Å². The molecule has 14 heavy (non-hydrogen) atoms. The summed E-state index contributed by atoms with van der Waals surface area (Å²) in [5.74, 6) is 0.939. The Balaban J connectivity index is 2.34. The summed E-state index contributed by atoms with van der Waals surface area (Å²) in [5.41, 5.74) is 0.732. The Morgan fingerprint density at radius 2 is 1.93 bits per heavy atom. The molecule has 5 heteroatoms. The molecule has 0 aromatic carbocycles. The van der Waals surface area contributed by atoms with Crippen LogP contribution in [-0.2, 0) is 4.74 Å². The van der Waals surface area contributed by atoms with Crippen molar-refractivity contribution in [1.82, 2.24) is 9.97 Å². The highest BCUT2D eigenvalue weighted by Crippen LogP contribution is 2.27. The molecule has 1 atom stereocenters. The van der Waals surface area contributed by atoms with Crippen molar-refractivity contribution in [2.45, 2.75) is 19.3 Å². The Bertz CT molecular complexity index is 328. The Labute approximate surface area is 92.4 Å². The molecule has 1 aliphatic rings. The predicted molar refractivity (Wildman–Crippen MR) is 55.0 cm³/mol. The van der Waals surface area contributed by atoms with Crippen LogP contribution in [0.4, 0.5) is 0 Å². The first kappa shape index (κ1) is 10.1. The Kier molecular flexibility index (Phi) is 2.91. The monoisotopic (exact) mass is 232 g/mol. The molecule has 3 nitrogen and oxygen atoms in total. The van der Waals surface area contributed by atoms with Gasteiger partial charge in [-0.2, -0.15) is 0 Å². The van der Waals surface area contributed by atoms with Crippen LogP contribution >= 0.6 is 23.2 Å². The van der Waals surface area contributed by atoms with Crippen molar-refractivity contribution in [2.75, 3.05) is 13.2 Å². The second kappa shape index (κ2) is 4.01. The number of hydrogen-bond donors (Lipinski definition) is 0. The molecule has 0 spiro atoms. The van der Waals surface area contributed by atoms with Gasteiger partial charge in [-0.15, -0.1) is 0 Å². The lowest BCUT2D eigenvalue weighted by molar-refractivity contribution is 0.193. The first-order chi connectivity index (χ1) is 6.68. The predicted octanol–water partition coefficient (Wildman–Crippen LogP) is 2.60. The third-order valence-corrected chi connectivity index (χ3v) is 3.08. The SMILES string of the molecule is Cc1c(Cl)nc(C2CCOC2)nc1Cl. The maximum atomic E-state index is 5.92. The fourth-order valence-corrected chi connectivity index (χ4v) is 1.80. The van der Waals surface area contributed by atoms with E-state index in [1.807, 2.05) is 0 Å². The zero-order valence-electron chi connectivity index (χ0n) is 7.76. The maximum Gasteiger partial charge on any atom is 0.137 e. The highest BCUT2D eigenvalue weighted by atomic mass is 35.5. The molecule has 1 unspecified atom stereocenters. The quantitative estimate of drug-likeness (QED) is 0.699. The average molecular weight is 233 g/mol. The van der Waals surface area contributed by atoms with E-state index in [1.54, 1.807) is 6.92 Å².